The summed E-state index contributed by atoms with van der Waals surface area (Å²) in [5.41, 5.74) is 0.450. The highest BCUT2D eigenvalue weighted by Gasteiger charge is 2.45. The van der Waals surface area contributed by atoms with Crippen LogP contribution in [-0.4, -0.2) is 87.7 Å². The fraction of sp³-hybridized carbons (Fsp3) is 0.500. The normalized spacial score (nSPS) is 24.2. The Morgan fingerprint density at radius 3 is 2.44 bits per heavy atom. The molecule has 4 heterocycles. The average Bonchev–Trinajstić information content (AvgIpc) is 3.23. The van der Waals surface area contributed by atoms with Crippen LogP contribution >= 0.6 is 0 Å². The van der Waals surface area contributed by atoms with E-state index in [2.05, 4.69) is 27.0 Å². The third-order valence-corrected chi connectivity index (χ3v) is 9.08. The van der Waals surface area contributed by atoms with Gasteiger partial charge in [0.05, 0.1) is 16.1 Å². The number of hydrogen-bond acceptors (Lipinski definition) is 10. The second-order valence-electron chi connectivity index (χ2n) is 11.7. The number of benzene rings is 1. The van der Waals surface area contributed by atoms with Crippen molar-refractivity contribution in [1.82, 2.24) is 20.1 Å². The number of piperidine rings is 2. The molecule has 4 aliphatic rings. The van der Waals surface area contributed by atoms with Gasteiger partial charge in [-0.3, -0.25) is 39.5 Å². The zero-order valence-corrected chi connectivity index (χ0v) is 23.9. The fourth-order valence-electron chi connectivity index (χ4n) is 6.53. The summed E-state index contributed by atoms with van der Waals surface area (Å²) < 4.78 is 6.19. The Balaban J connectivity index is 0.989. The fourth-order valence-corrected chi connectivity index (χ4v) is 6.53. The van der Waals surface area contributed by atoms with E-state index in [0.29, 0.717) is 17.7 Å². The van der Waals surface area contributed by atoms with E-state index >= 15 is 0 Å². The van der Waals surface area contributed by atoms with Crippen molar-refractivity contribution in [2.75, 3.05) is 31.1 Å². The number of nitro groups is 1. The number of aromatic nitrogens is 1. The molecule has 13 nitrogen and oxygen atoms in total. The zero-order chi connectivity index (χ0) is 30.2. The molecule has 2 saturated heterocycles. The minimum Gasteiger partial charge on any atom is -0.490 e. The largest absolute Gasteiger partial charge is 0.490 e. The Bertz CT molecular complexity index is 1450. The highest BCUT2D eigenvalue weighted by atomic mass is 16.6. The Morgan fingerprint density at radius 1 is 1.05 bits per heavy atom. The number of carbonyl (C=O) groups excluding carboxylic acids is 4. The predicted molar refractivity (Wildman–Crippen MR) is 154 cm³/mol. The maximum Gasteiger partial charge on any atom is 0.287 e. The van der Waals surface area contributed by atoms with Gasteiger partial charge in [-0.2, -0.15) is 0 Å². The Hall–Kier alpha value is -4.39. The van der Waals surface area contributed by atoms with Crippen LogP contribution in [0.25, 0.3) is 0 Å². The van der Waals surface area contributed by atoms with Gasteiger partial charge < -0.3 is 14.5 Å². The summed E-state index contributed by atoms with van der Waals surface area (Å²) in [4.78, 5) is 70.2. The van der Waals surface area contributed by atoms with Crippen molar-refractivity contribution in [3.05, 3.63) is 57.8 Å². The Labute approximate surface area is 248 Å². The van der Waals surface area contributed by atoms with Crippen LogP contribution in [0.4, 0.5) is 11.5 Å². The van der Waals surface area contributed by atoms with Crippen molar-refractivity contribution < 1.29 is 28.8 Å². The highest BCUT2D eigenvalue weighted by molar-refractivity contribution is 6.23. The first-order valence-corrected chi connectivity index (χ1v) is 14.8. The second kappa shape index (κ2) is 11.7. The standard InChI is InChI=1S/C30H34N6O7/c1-2-33(17-18-9-11-34(12-10-18)26-7-3-19(16-31-26)36(41)42)20-13-22(14-20)43-21-4-5-23-24(15-21)30(40)35(29(23)39)25-6-8-27(37)32-28(25)38/h3-5,7,15-16,18,20,22,25H,2,6,8-14,17H2,1H3,(H,32,37,38). The number of nitrogens with one attached hydrogen (secondary N) is 1. The van der Waals surface area contributed by atoms with E-state index in [9.17, 15) is 29.3 Å². The van der Waals surface area contributed by atoms with Crippen LogP contribution in [0.15, 0.2) is 36.5 Å². The van der Waals surface area contributed by atoms with E-state index < -0.39 is 34.6 Å². The lowest BCUT2D eigenvalue weighted by molar-refractivity contribution is -0.385. The summed E-state index contributed by atoms with van der Waals surface area (Å²) in [6.45, 7) is 5.84. The molecule has 1 unspecified atom stereocenters. The minimum absolute atomic E-state index is 0.00352. The molecule has 13 heteroatoms. The first-order chi connectivity index (χ1) is 20.7. The summed E-state index contributed by atoms with van der Waals surface area (Å²) in [6, 6.07) is 7.48. The predicted octanol–water partition coefficient (Wildman–Crippen LogP) is 2.54. The van der Waals surface area contributed by atoms with E-state index in [4.69, 9.17) is 4.74 Å². The monoisotopic (exact) mass is 590 g/mol. The molecule has 1 N–H and O–H groups in total. The first-order valence-electron chi connectivity index (χ1n) is 14.8. The molecule has 3 aliphatic heterocycles. The number of anilines is 1. The van der Waals surface area contributed by atoms with Crippen LogP contribution in [0, 0.1) is 16.0 Å². The number of nitrogens with zero attached hydrogens (tertiary/aromatic N) is 5. The number of rotatable bonds is 9. The molecule has 3 fully saturated rings. The molecular formula is C30H34N6O7. The molecule has 43 heavy (non-hydrogen) atoms. The van der Waals surface area contributed by atoms with Crippen LogP contribution in [0.1, 0.15) is 66.2 Å². The number of pyridine rings is 1. The van der Waals surface area contributed by atoms with Gasteiger partial charge in [-0.15, -0.1) is 0 Å². The smallest absolute Gasteiger partial charge is 0.287 e. The molecule has 2 aromatic rings. The molecule has 1 atom stereocenters. The average molecular weight is 591 g/mol. The zero-order valence-electron chi connectivity index (χ0n) is 23.9. The molecule has 0 radical (unpaired) electrons. The SMILES string of the molecule is CCN(CC1CCN(c2ccc([N+](=O)[O-])cn2)CC1)C1CC(Oc2ccc3c(c2)C(=O)N(C2CCC(=O)NC2=O)C3=O)C1. The lowest BCUT2D eigenvalue weighted by Gasteiger charge is -2.44. The summed E-state index contributed by atoms with van der Waals surface area (Å²) in [7, 11) is 0. The van der Waals surface area contributed by atoms with Crippen LogP contribution < -0.4 is 15.0 Å². The number of imide groups is 2. The van der Waals surface area contributed by atoms with Crippen molar-refractivity contribution >= 4 is 35.1 Å². The van der Waals surface area contributed by atoms with Gasteiger partial charge >= 0.3 is 0 Å². The van der Waals surface area contributed by atoms with Gasteiger partial charge in [-0.1, -0.05) is 6.92 Å². The summed E-state index contributed by atoms with van der Waals surface area (Å²) in [5.74, 6) is -0.258. The molecule has 226 valence electrons. The third kappa shape index (κ3) is 5.68. The van der Waals surface area contributed by atoms with Gasteiger partial charge in [0.25, 0.3) is 17.5 Å². The van der Waals surface area contributed by atoms with Gasteiger partial charge in [0.2, 0.25) is 11.8 Å². The number of amides is 4. The molecule has 0 spiro atoms. The Kier molecular flexibility index (Phi) is 7.82. The van der Waals surface area contributed by atoms with Gasteiger partial charge in [0.1, 0.15) is 29.9 Å². The number of fused-ring (bicyclic) bond motifs is 1. The molecule has 1 saturated carbocycles. The molecule has 6 rings (SSSR count). The van der Waals surface area contributed by atoms with Crippen molar-refractivity contribution in [1.29, 1.82) is 0 Å². The van der Waals surface area contributed by atoms with Crippen molar-refractivity contribution in [3.8, 4) is 5.75 Å². The van der Waals surface area contributed by atoms with E-state index in [0.717, 1.165) is 62.6 Å². The van der Waals surface area contributed by atoms with Crippen molar-refractivity contribution in [3.63, 3.8) is 0 Å². The molecule has 1 aromatic carbocycles. The first kappa shape index (κ1) is 28.7. The van der Waals surface area contributed by atoms with E-state index in [1.165, 1.54) is 12.3 Å². The lowest BCUT2D eigenvalue weighted by Crippen LogP contribution is -2.54. The molecule has 0 bridgehead atoms. The summed E-state index contributed by atoms with van der Waals surface area (Å²) in [6.07, 6.45) is 5.30. The second-order valence-corrected chi connectivity index (χ2v) is 11.7. The van der Waals surface area contributed by atoms with Gasteiger partial charge in [0, 0.05) is 51.0 Å². The molecule has 1 aliphatic carbocycles. The topological polar surface area (TPSA) is 155 Å². The van der Waals surface area contributed by atoms with Crippen LogP contribution in [0.2, 0.25) is 0 Å². The quantitative estimate of drug-likeness (QED) is 0.262. The number of carbonyl (C=O) groups is 4. The number of ether oxygens (including phenoxy) is 1. The van der Waals surface area contributed by atoms with E-state index in [-0.39, 0.29) is 35.8 Å². The van der Waals surface area contributed by atoms with Crippen LogP contribution in [-0.2, 0) is 9.59 Å². The molecular weight excluding hydrogens is 556 g/mol. The Morgan fingerprint density at radius 2 is 1.79 bits per heavy atom. The van der Waals surface area contributed by atoms with Crippen molar-refractivity contribution in [2.45, 2.75) is 63.6 Å². The van der Waals surface area contributed by atoms with Crippen LogP contribution in [0.5, 0.6) is 5.75 Å². The van der Waals surface area contributed by atoms with Gasteiger partial charge in [0.15, 0.2) is 0 Å². The molecule has 1 aromatic heterocycles. The minimum atomic E-state index is -0.992. The van der Waals surface area contributed by atoms with Gasteiger partial charge in [-0.25, -0.2) is 4.98 Å². The lowest BCUT2D eigenvalue weighted by atomic mass is 9.86. The van der Waals surface area contributed by atoms with Crippen molar-refractivity contribution in [2.24, 2.45) is 5.92 Å². The molecule has 4 amide bonds. The summed E-state index contributed by atoms with van der Waals surface area (Å²) in [5, 5.41) is 13.1. The highest BCUT2D eigenvalue weighted by Crippen LogP contribution is 2.35. The van der Waals surface area contributed by atoms with Gasteiger partial charge in [-0.05, 0) is 56.0 Å². The maximum absolute atomic E-state index is 13.1. The summed E-state index contributed by atoms with van der Waals surface area (Å²) >= 11 is 0. The maximum atomic E-state index is 13.1. The number of hydrogen-bond donors (Lipinski definition) is 1. The van der Waals surface area contributed by atoms with E-state index in [1.54, 1.807) is 24.3 Å². The third-order valence-electron chi connectivity index (χ3n) is 9.08. The van der Waals surface area contributed by atoms with E-state index in [1.807, 2.05) is 0 Å². The van der Waals surface area contributed by atoms with Crippen LogP contribution in [0.3, 0.4) is 0 Å².